The van der Waals surface area contributed by atoms with Crippen LogP contribution < -0.4 is 10.4 Å². The number of benzene rings is 2. The van der Waals surface area contributed by atoms with Crippen molar-refractivity contribution in [2.45, 2.75) is 4.90 Å². The molecule has 4 nitrogen and oxygen atoms in total. The molecular formula is C20H18N4S. The number of aromatic nitrogens is 2. The maximum atomic E-state index is 4.48. The smallest absolute Gasteiger partial charge is 0.0918 e. The van der Waals surface area contributed by atoms with E-state index in [1.165, 1.54) is 4.90 Å². The highest BCUT2D eigenvalue weighted by molar-refractivity contribution is 7.98. The van der Waals surface area contributed by atoms with Crippen molar-refractivity contribution < 1.29 is 0 Å². The summed E-state index contributed by atoms with van der Waals surface area (Å²) in [7, 11) is 0. The van der Waals surface area contributed by atoms with Crippen molar-refractivity contribution in [2.75, 3.05) is 11.3 Å². The highest BCUT2D eigenvalue weighted by atomic mass is 32.2. The third-order valence-corrected chi connectivity index (χ3v) is 4.72. The van der Waals surface area contributed by atoms with Gasteiger partial charge in [0.2, 0.25) is 0 Å². The minimum absolute atomic E-state index is 0.999. The summed E-state index contributed by atoms with van der Waals surface area (Å²) in [5.74, 6) is 0. The molecule has 0 amide bonds. The Kier molecular flexibility index (Phi) is 4.31. The molecule has 0 unspecified atom stereocenters. The predicted molar refractivity (Wildman–Crippen MR) is 105 cm³/mol. The number of para-hydroxylation sites is 1. The van der Waals surface area contributed by atoms with E-state index in [2.05, 4.69) is 59.3 Å². The van der Waals surface area contributed by atoms with Crippen molar-refractivity contribution in [3.8, 4) is 5.69 Å². The number of hydrogen-bond donors (Lipinski definition) is 1. The fraction of sp³-hybridized carbons (Fsp3) is 0.0500. The average molecular weight is 346 g/mol. The van der Waals surface area contributed by atoms with Crippen LogP contribution in [-0.4, -0.2) is 16.0 Å². The molecule has 25 heavy (non-hydrogen) atoms. The van der Waals surface area contributed by atoms with Crippen LogP contribution in [0.1, 0.15) is 5.69 Å². The summed E-state index contributed by atoms with van der Waals surface area (Å²) in [6.45, 7) is 0. The van der Waals surface area contributed by atoms with Crippen molar-refractivity contribution >= 4 is 23.1 Å². The molecule has 0 saturated carbocycles. The van der Waals surface area contributed by atoms with Crippen molar-refractivity contribution in [3.05, 3.63) is 90.9 Å². The highest BCUT2D eigenvalue weighted by Gasteiger charge is 2.15. The van der Waals surface area contributed by atoms with Crippen LogP contribution in [0.5, 0.6) is 0 Å². The van der Waals surface area contributed by atoms with E-state index in [-0.39, 0.29) is 0 Å². The first-order valence-electron chi connectivity index (χ1n) is 8.03. The van der Waals surface area contributed by atoms with Gasteiger partial charge in [-0.1, -0.05) is 24.3 Å². The van der Waals surface area contributed by atoms with E-state index >= 15 is 0 Å². The summed E-state index contributed by atoms with van der Waals surface area (Å²) in [4.78, 5) is 1.23. The van der Waals surface area contributed by atoms with Crippen molar-refractivity contribution in [2.24, 2.45) is 0 Å². The van der Waals surface area contributed by atoms with E-state index in [0.29, 0.717) is 0 Å². The predicted octanol–water partition coefficient (Wildman–Crippen LogP) is 4.47. The van der Waals surface area contributed by atoms with Gasteiger partial charge in [-0.05, 0) is 54.8 Å². The summed E-state index contributed by atoms with van der Waals surface area (Å²) < 4.78 is 1.94. The van der Waals surface area contributed by atoms with Crippen LogP contribution in [0.4, 0.5) is 5.69 Å². The maximum absolute atomic E-state index is 4.48. The lowest BCUT2D eigenvalue weighted by molar-refractivity contribution is 0.827. The Bertz CT molecular complexity index is 928. The SMILES string of the molecule is CSc1cccc(N2C=CC=C(c3ccnn3-c3ccccc3)N2)c1. The molecule has 0 spiro atoms. The summed E-state index contributed by atoms with van der Waals surface area (Å²) in [5, 5.41) is 6.50. The zero-order valence-electron chi connectivity index (χ0n) is 13.8. The largest absolute Gasteiger partial charge is 0.292 e. The van der Waals surface area contributed by atoms with Gasteiger partial charge in [-0.3, -0.25) is 10.4 Å². The summed E-state index contributed by atoms with van der Waals surface area (Å²) >= 11 is 1.74. The van der Waals surface area contributed by atoms with Gasteiger partial charge in [0.15, 0.2) is 0 Å². The number of allylic oxidation sites excluding steroid dienone is 2. The van der Waals surface area contributed by atoms with Crippen LogP contribution in [0, 0.1) is 0 Å². The zero-order valence-corrected chi connectivity index (χ0v) is 14.6. The Hall–Kier alpha value is -2.92. The quantitative estimate of drug-likeness (QED) is 0.707. The standard InChI is InChI=1S/C20H18N4S/c1-25-18-10-5-9-17(15-18)23-14-6-11-19(22-23)20-12-13-21-24(20)16-7-3-2-4-8-16/h2-15,22H,1H3. The number of rotatable bonds is 4. The Morgan fingerprint density at radius 2 is 1.80 bits per heavy atom. The molecule has 1 aromatic heterocycles. The average Bonchev–Trinajstić information content (AvgIpc) is 3.19. The lowest BCUT2D eigenvalue weighted by Gasteiger charge is -2.27. The Morgan fingerprint density at radius 1 is 0.960 bits per heavy atom. The molecule has 124 valence electrons. The van der Waals surface area contributed by atoms with Gasteiger partial charge in [0.1, 0.15) is 0 Å². The molecule has 0 saturated heterocycles. The second-order valence-electron chi connectivity index (χ2n) is 5.57. The minimum Gasteiger partial charge on any atom is -0.292 e. The summed E-state index contributed by atoms with van der Waals surface area (Å²) in [6, 6.07) is 20.6. The molecule has 3 aromatic rings. The van der Waals surface area contributed by atoms with Crippen molar-refractivity contribution in [3.63, 3.8) is 0 Å². The van der Waals surface area contributed by atoms with Gasteiger partial charge in [0.05, 0.1) is 29.0 Å². The molecule has 5 heteroatoms. The molecule has 0 bridgehead atoms. The van der Waals surface area contributed by atoms with Crippen LogP contribution in [-0.2, 0) is 0 Å². The zero-order chi connectivity index (χ0) is 17.1. The van der Waals surface area contributed by atoms with Gasteiger partial charge in [-0.15, -0.1) is 11.8 Å². The van der Waals surface area contributed by atoms with E-state index in [1.54, 1.807) is 11.8 Å². The molecule has 2 heterocycles. The van der Waals surface area contributed by atoms with E-state index in [1.807, 2.05) is 52.4 Å². The molecule has 4 rings (SSSR count). The molecule has 0 radical (unpaired) electrons. The fourth-order valence-corrected chi connectivity index (χ4v) is 3.22. The molecule has 1 aliphatic heterocycles. The summed E-state index contributed by atoms with van der Waals surface area (Å²) in [6.07, 6.45) is 10.0. The highest BCUT2D eigenvalue weighted by Crippen LogP contribution is 2.25. The Labute approximate surface area is 151 Å². The molecular weight excluding hydrogens is 328 g/mol. The first-order chi connectivity index (χ1) is 12.3. The first kappa shape index (κ1) is 15.6. The second kappa shape index (κ2) is 6.91. The molecule has 0 atom stereocenters. The van der Waals surface area contributed by atoms with E-state index < -0.39 is 0 Å². The molecule has 0 fully saturated rings. The van der Waals surface area contributed by atoms with Crippen LogP contribution >= 0.6 is 11.8 Å². The minimum atomic E-state index is 0.999. The lowest BCUT2D eigenvalue weighted by atomic mass is 10.2. The van der Waals surface area contributed by atoms with Gasteiger partial charge in [-0.25, -0.2) is 4.68 Å². The van der Waals surface area contributed by atoms with Gasteiger partial charge in [-0.2, -0.15) is 5.10 Å². The van der Waals surface area contributed by atoms with Gasteiger partial charge < -0.3 is 0 Å². The van der Waals surface area contributed by atoms with Crippen molar-refractivity contribution in [1.82, 2.24) is 15.2 Å². The number of thioether (sulfide) groups is 1. The van der Waals surface area contributed by atoms with Crippen LogP contribution in [0.2, 0.25) is 0 Å². The molecule has 1 N–H and O–H groups in total. The lowest BCUT2D eigenvalue weighted by Crippen LogP contribution is -2.34. The second-order valence-corrected chi connectivity index (χ2v) is 6.45. The fourth-order valence-electron chi connectivity index (χ4n) is 2.77. The first-order valence-corrected chi connectivity index (χ1v) is 9.26. The number of hydrazine groups is 1. The monoisotopic (exact) mass is 346 g/mol. The third-order valence-electron chi connectivity index (χ3n) is 3.99. The van der Waals surface area contributed by atoms with Gasteiger partial charge in [0.25, 0.3) is 0 Å². The Balaban J connectivity index is 1.64. The number of nitrogens with one attached hydrogen (secondary N) is 1. The van der Waals surface area contributed by atoms with Gasteiger partial charge in [0, 0.05) is 11.1 Å². The maximum Gasteiger partial charge on any atom is 0.0918 e. The van der Waals surface area contributed by atoms with E-state index in [9.17, 15) is 0 Å². The number of anilines is 1. The van der Waals surface area contributed by atoms with E-state index in [4.69, 9.17) is 0 Å². The van der Waals surface area contributed by atoms with Crippen LogP contribution in [0.25, 0.3) is 11.4 Å². The van der Waals surface area contributed by atoms with Crippen LogP contribution in [0.3, 0.4) is 0 Å². The number of hydrogen-bond acceptors (Lipinski definition) is 4. The molecule has 1 aliphatic rings. The number of nitrogens with zero attached hydrogens (tertiary/aromatic N) is 3. The third kappa shape index (κ3) is 3.19. The van der Waals surface area contributed by atoms with Crippen LogP contribution in [0.15, 0.2) is 90.1 Å². The Morgan fingerprint density at radius 3 is 2.64 bits per heavy atom. The van der Waals surface area contributed by atoms with Crippen molar-refractivity contribution in [1.29, 1.82) is 0 Å². The molecule has 2 aromatic carbocycles. The summed E-state index contributed by atoms with van der Waals surface area (Å²) in [5.41, 5.74) is 7.62. The normalized spacial score (nSPS) is 13.5. The topological polar surface area (TPSA) is 33.1 Å². The molecule has 0 aliphatic carbocycles. The van der Waals surface area contributed by atoms with Gasteiger partial charge >= 0.3 is 0 Å². The van der Waals surface area contributed by atoms with E-state index in [0.717, 1.165) is 22.8 Å².